The average Bonchev–Trinajstić information content (AvgIpc) is 1.85. The second kappa shape index (κ2) is 3.94. The van der Waals surface area contributed by atoms with Crippen LogP contribution in [0, 0.1) is 0 Å². The maximum absolute atomic E-state index is 5.60. The molecule has 2 N–H and O–H groups in total. The van der Waals surface area contributed by atoms with E-state index in [0.29, 0.717) is 0 Å². The summed E-state index contributed by atoms with van der Waals surface area (Å²) in [6.45, 7) is 6.18. The third kappa shape index (κ3) is 4.77. The number of methoxy groups -OCH3 is 1. The Morgan fingerprint density at radius 3 is 2.30 bits per heavy atom. The molecule has 0 aliphatic carbocycles. The van der Waals surface area contributed by atoms with Crippen molar-refractivity contribution in [3.05, 3.63) is 0 Å². The number of hydrogen-bond acceptors (Lipinski definition) is 2. The highest BCUT2D eigenvalue weighted by Crippen LogP contribution is 2.15. The van der Waals surface area contributed by atoms with Gasteiger partial charge in [0.1, 0.15) is 0 Å². The zero-order valence-corrected chi connectivity index (χ0v) is 7.48. The summed E-state index contributed by atoms with van der Waals surface area (Å²) in [4.78, 5) is 0. The van der Waals surface area contributed by atoms with Gasteiger partial charge in [-0.2, -0.15) is 0 Å². The molecule has 62 valence electrons. The molecule has 0 saturated heterocycles. The third-order valence-corrected chi connectivity index (χ3v) is 1.75. The van der Waals surface area contributed by atoms with E-state index < -0.39 is 0 Å². The molecule has 0 radical (unpaired) electrons. The minimum absolute atomic E-state index is 0.00632. The first kappa shape index (κ1) is 9.92. The maximum Gasteiger partial charge on any atom is 0.0623 e. The predicted octanol–water partition coefficient (Wildman–Crippen LogP) is 1.54. The zero-order chi connectivity index (χ0) is 8.20. The van der Waals surface area contributed by atoms with Gasteiger partial charge in [0.2, 0.25) is 0 Å². The monoisotopic (exact) mass is 145 g/mol. The van der Waals surface area contributed by atoms with Gasteiger partial charge in [-0.1, -0.05) is 0 Å². The molecule has 0 aliphatic heterocycles. The summed E-state index contributed by atoms with van der Waals surface area (Å²) in [5.74, 6) is 0. The molecule has 1 atom stereocenters. The minimum Gasteiger partial charge on any atom is -0.379 e. The van der Waals surface area contributed by atoms with Gasteiger partial charge in [-0.3, -0.25) is 0 Å². The SMILES string of the molecule is COC(C)(C)CC[C@@H](C)N. The van der Waals surface area contributed by atoms with E-state index in [0.717, 1.165) is 12.8 Å². The second-order valence-electron chi connectivity index (χ2n) is 3.48. The first-order valence-electron chi connectivity index (χ1n) is 3.78. The Bertz CT molecular complexity index is 89.3. The topological polar surface area (TPSA) is 35.2 Å². The molecule has 0 heterocycles. The van der Waals surface area contributed by atoms with Crippen LogP contribution in [0.3, 0.4) is 0 Å². The van der Waals surface area contributed by atoms with E-state index in [2.05, 4.69) is 13.8 Å². The Morgan fingerprint density at radius 2 is 2.00 bits per heavy atom. The van der Waals surface area contributed by atoms with Crippen molar-refractivity contribution in [3.63, 3.8) is 0 Å². The van der Waals surface area contributed by atoms with Crippen LogP contribution in [0.4, 0.5) is 0 Å². The Balaban J connectivity index is 3.46. The van der Waals surface area contributed by atoms with Gasteiger partial charge in [-0.25, -0.2) is 0 Å². The van der Waals surface area contributed by atoms with Crippen LogP contribution in [0.15, 0.2) is 0 Å². The first-order chi connectivity index (χ1) is 4.48. The number of rotatable bonds is 4. The Morgan fingerprint density at radius 1 is 1.50 bits per heavy atom. The fraction of sp³-hybridized carbons (Fsp3) is 1.00. The molecule has 0 aliphatic rings. The smallest absolute Gasteiger partial charge is 0.0623 e. The van der Waals surface area contributed by atoms with Crippen LogP contribution in [0.5, 0.6) is 0 Å². The molecule has 0 aromatic heterocycles. The van der Waals surface area contributed by atoms with Gasteiger partial charge in [-0.15, -0.1) is 0 Å². The standard InChI is InChI=1S/C8H19NO/c1-7(9)5-6-8(2,3)10-4/h7H,5-6,9H2,1-4H3/t7-/m1/s1. The van der Waals surface area contributed by atoms with Crippen LogP contribution in [0.1, 0.15) is 33.6 Å². The molecule has 0 aromatic rings. The predicted molar refractivity (Wildman–Crippen MR) is 44.0 cm³/mol. The van der Waals surface area contributed by atoms with E-state index in [1.807, 2.05) is 6.92 Å². The molecule has 0 saturated carbocycles. The molecule has 0 bridgehead atoms. The van der Waals surface area contributed by atoms with Crippen LogP contribution < -0.4 is 5.73 Å². The lowest BCUT2D eigenvalue weighted by Crippen LogP contribution is -2.26. The van der Waals surface area contributed by atoms with Gasteiger partial charge in [0.15, 0.2) is 0 Å². The lowest BCUT2D eigenvalue weighted by Gasteiger charge is -2.23. The van der Waals surface area contributed by atoms with Crippen LogP contribution >= 0.6 is 0 Å². The molecule has 0 fully saturated rings. The average molecular weight is 145 g/mol. The summed E-state index contributed by atoms with van der Waals surface area (Å²) in [6, 6.07) is 0.287. The lowest BCUT2D eigenvalue weighted by molar-refractivity contribution is 0.0128. The highest BCUT2D eigenvalue weighted by atomic mass is 16.5. The van der Waals surface area contributed by atoms with E-state index in [1.54, 1.807) is 7.11 Å². The summed E-state index contributed by atoms with van der Waals surface area (Å²) < 4.78 is 5.23. The summed E-state index contributed by atoms with van der Waals surface area (Å²) in [5, 5.41) is 0. The fourth-order valence-corrected chi connectivity index (χ4v) is 0.677. The Kier molecular flexibility index (Phi) is 3.91. The van der Waals surface area contributed by atoms with E-state index in [9.17, 15) is 0 Å². The molecule has 0 aromatic carbocycles. The van der Waals surface area contributed by atoms with Crippen molar-refractivity contribution >= 4 is 0 Å². The molecule has 0 unspecified atom stereocenters. The molecule has 0 spiro atoms. The summed E-state index contributed by atoms with van der Waals surface area (Å²) in [7, 11) is 1.74. The zero-order valence-electron chi connectivity index (χ0n) is 7.48. The van der Waals surface area contributed by atoms with E-state index in [1.165, 1.54) is 0 Å². The first-order valence-corrected chi connectivity index (χ1v) is 3.78. The van der Waals surface area contributed by atoms with Crippen LogP contribution in [0.2, 0.25) is 0 Å². The van der Waals surface area contributed by atoms with Gasteiger partial charge in [0.25, 0.3) is 0 Å². The van der Waals surface area contributed by atoms with Crippen molar-refractivity contribution in [1.29, 1.82) is 0 Å². The van der Waals surface area contributed by atoms with Crippen molar-refractivity contribution in [3.8, 4) is 0 Å². The normalized spacial score (nSPS) is 15.3. The van der Waals surface area contributed by atoms with Crippen molar-refractivity contribution < 1.29 is 4.74 Å². The van der Waals surface area contributed by atoms with Gasteiger partial charge in [-0.05, 0) is 33.6 Å². The Labute approximate surface area is 63.7 Å². The van der Waals surface area contributed by atoms with Crippen LogP contribution in [-0.2, 0) is 4.74 Å². The second-order valence-corrected chi connectivity index (χ2v) is 3.48. The van der Waals surface area contributed by atoms with Gasteiger partial charge in [0.05, 0.1) is 5.60 Å². The molecule has 0 amide bonds. The van der Waals surface area contributed by atoms with Crippen molar-refractivity contribution in [2.24, 2.45) is 5.73 Å². The fourth-order valence-electron chi connectivity index (χ4n) is 0.677. The highest BCUT2D eigenvalue weighted by Gasteiger charge is 2.15. The highest BCUT2D eigenvalue weighted by molar-refractivity contribution is 4.69. The van der Waals surface area contributed by atoms with E-state index in [-0.39, 0.29) is 11.6 Å². The molecule has 2 heteroatoms. The quantitative estimate of drug-likeness (QED) is 0.651. The molecular formula is C8H19NO. The van der Waals surface area contributed by atoms with E-state index in [4.69, 9.17) is 10.5 Å². The molecule has 2 nitrogen and oxygen atoms in total. The van der Waals surface area contributed by atoms with Crippen LogP contribution in [0.25, 0.3) is 0 Å². The molecule has 0 rings (SSSR count). The minimum atomic E-state index is -0.00632. The molecular weight excluding hydrogens is 126 g/mol. The summed E-state index contributed by atoms with van der Waals surface area (Å²) in [5.41, 5.74) is 5.59. The number of nitrogens with two attached hydrogens (primary N) is 1. The van der Waals surface area contributed by atoms with Crippen LogP contribution in [-0.4, -0.2) is 18.8 Å². The van der Waals surface area contributed by atoms with Crippen molar-refractivity contribution in [1.82, 2.24) is 0 Å². The van der Waals surface area contributed by atoms with Gasteiger partial charge in [0, 0.05) is 13.2 Å². The maximum atomic E-state index is 5.60. The van der Waals surface area contributed by atoms with Gasteiger partial charge >= 0.3 is 0 Å². The number of ether oxygens (including phenoxy) is 1. The third-order valence-electron chi connectivity index (χ3n) is 1.75. The van der Waals surface area contributed by atoms with E-state index >= 15 is 0 Å². The number of hydrogen-bond donors (Lipinski definition) is 1. The molecule has 10 heavy (non-hydrogen) atoms. The largest absolute Gasteiger partial charge is 0.379 e. The van der Waals surface area contributed by atoms with Gasteiger partial charge < -0.3 is 10.5 Å². The summed E-state index contributed by atoms with van der Waals surface area (Å²) in [6.07, 6.45) is 2.06. The lowest BCUT2D eigenvalue weighted by atomic mass is 10.00. The van der Waals surface area contributed by atoms with Crippen molar-refractivity contribution in [2.75, 3.05) is 7.11 Å². The summed E-state index contributed by atoms with van der Waals surface area (Å²) >= 11 is 0. The van der Waals surface area contributed by atoms with Crippen molar-refractivity contribution in [2.45, 2.75) is 45.3 Å². The Hall–Kier alpha value is -0.0800.